The first kappa shape index (κ1) is 16.2. The largest absolute Gasteiger partial charge is 0.478 e. The maximum Gasteiger partial charge on any atom is 0.336 e. The van der Waals surface area contributed by atoms with Crippen molar-refractivity contribution >= 4 is 11.9 Å². The summed E-state index contributed by atoms with van der Waals surface area (Å²) in [5.41, 5.74) is 0.330. The Morgan fingerprint density at radius 2 is 1.60 bits per heavy atom. The van der Waals surface area contributed by atoms with E-state index in [0.717, 1.165) is 0 Å². The van der Waals surface area contributed by atoms with Crippen molar-refractivity contribution in [3.8, 4) is 0 Å². The Labute approximate surface area is 118 Å². The summed E-state index contributed by atoms with van der Waals surface area (Å²) in [6.07, 6.45) is 0. The van der Waals surface area contributed by atoms with Crippen molar-refractivity contribution in [2.24, 2.45) is 0 Å². The van der Waals surface area contributed by atoms with Crippen LogP contribution >= 0.6 is 0 Å². The first-order chi connectivity index (χ1) is 9.04. The van der Waals surface area contributed by atoms with Gasteiger partial charge in [0.25, 0.3) is 5.91 Å². The molecule has 1 aromatic carbocycles. The van der Waals surface area contributed by atoms with E-state index in [2.05, 4.69) is 0 Å². The molecule has 0 saturated heterocycles. The van der Waals surface area contributed by atoms with Crippen molar-refractivity contribution in [2.45, 2.75) is 33.3 Å². The fourth-order valence-electron chi connectivity index (χ4n) is 2.21. The number of nitrogens with zero attached hydrogens (tertiary/aromatic N) is 1. The van der Waals surface area contributed by atoms with E-state index in [-0.39, 0.29) is 17.7 Å². The van der Waals surface area contributed by atoms with Crippen LogP contribution in [0, 0.1) is 13.8 Å². The van der Waals surface area contributed by atoms with Gasteiger partial charge in [0.1, 0.15) is 0 Å². The van der Waals surface area contributed by atoms with Crippen molar-refractivity contribution in [3.63, 3.8) is 0 Å². The molecule has 0 bridgehead atoms. The molecule has 1 aromatic rings. The third-order valence-electron chi connectivity index (χ3n) is 3.02. The number of benzene rings is 1. The number of aryl methyl sites for hydroxylation is 2. The van der Waals surface area contributed by atoms with E-state index >= 15 is 0 Å². The highest BCUT2D eigenvalue weighted by atomic mass is 16.4. The minimum absolute atomic E-state index is 0.0256. The molecule has 5 heteroatoms. The summed E-state index contributed by atoms with van der Waals surface area (Å²) in [5.74, 6) is -1.52. The summed E-state index contributed by atoms with van der Waals surface area (Å²) in [6.45, 7) is 6.68. The van der Waals surface area contributed by atoms with E-state index in [1.54, 1.807) is 46.9 Å². The summed E-state index contributed by atoms with van der Waals surface area (Å²) in [5, 5.41) is 19.1. The smallest absolute Gasteiger partial charge is 0.336 e. The molecule has 0 aliphatic rings. The normalized spacial score (nSPS) is 11.3. The number of aromatic carboxylic acids is 1. The zero-order valence-electron chi connectivity index (χ0n) is 12.5. The quantitative estimate of drug-likeness (QED) is 0.881. The second-order valence-electron chi connectivity index (χ2n) is 5.73. The van der Waals surface area contributed by atoms with Crippen LogP contribution < -0.4 is 0 Å². The number of likely N-dealkylation sites (N-methyl/N-ethyl adjacent to an activating group) is 1. The Kier molecular flexibility index (Phi) is 4.55. The Balaban J connectivity index is 3.29. The highest BCUT2D eigenvalue weighted by Crippen LogP contribution is 2.21. The number of aliphatic hydroxyl groups is 1. The van der Waals surface area contributed by atoms with Crippen LogP contribution in [0.25, 0.3) is 0 Å². The molecular weight excluding hydrogens is 258 g/mol. The average molecular weight is 279 g/mol. The number of carbonyl (C=O) groups is 2. The molecular formula is C15H21NO4. The fourth-order valence-corrected chi connectivity index (χ4v) is 2.21. The molecule has 0 aliphatic heterocycles. The molecule has 0 radical (unpaired) electrons. The van der Waals surface area contributed by atoms with Gasteiger partial charge in [0.05, 0.1) is 16.7 Å². The lowest BCUT2D eigenvalue weighted by Gasteiger charge is -2.26. The van der Waals surface area contributed by atoms with E-state index in [9.17, 15) is 19.8 Å². The number of carboxylic acids is 1. The van der Waals surface area contributed by atoms with E-state index in [1.807, 2.05) is 0 Å². The number of carboxylic acid groups (broad SMARTS) is 1. The van der Waals surface area contributed by atoms with Crippen molar-refractivity contribution in [1.29, 1.82) is 0 Å². The molecule has 0 aliphatic carbocycles. The lowest BCUT2D eigenvalue weighted by atomic mass is 9.96. The van der Waals surface area contributed by atoms with Crippen LogP contribution in [0.4, 0.5) is 0 Å². The molecule has 110 valence electrons. The first-order valence-corrected chi connectivity index (χ1v) is 6.36. The van der Waals surface area contributed by atoms with Gasteiger partial charge in [0.15, 0.2) is 0 Å². The van der Waals surface area contributed by atoms with E-state index in [1.165, 1.54) is 4.90 Å². The molecule has 20 heavy (non-hydrogen) atoms. The molecule has 0 saturated carbocycles. The standard InChI is InChI=1S/C15H21NO4/c1-9-6-7-10(2)12(14(18)19)11(9)13(17)16(5)8-15(3,4)20/h6-7,20H,8H2,1-5H3,(H,18,19). The monoisotopic (exact) mass is 279 g/mol. The van der Waals surface area contributed by atoms with Crippen molar-refractivity contribution in [3.05, 3.63) is 34.4 Å². The minimum atomic E-state index is -1.12. The molecule has 0 heterocycles. The maximum absolute atomic E-state index is 12.5. The Morgan fingerprint density at radius 1 is 1.15 bits per heavy atom. The third-order valence-corrected chi connectivity index (χ3v) is 3.02. The Hall–Kier alpha value is -1.88. The van der Waals surface area contributed by atoms with Gasteiger partial charge in [-0.15, -0.1) is 0 Å². The second kappa shape index (κ2) is 5.63. The predicted molar refractivity (Wildman–Crippen MR) is 76.1 cm³/mol. The molecule has 0 spiro atoms. The van der Waals surface area contributed by atoms with E-state index < -0.39 is 17.5 Å². The summed E-state index contributed by atoms with van der Waals surface area (Å²) in [6, 6.07) is 3.42. The number of rotatable bonds is 4. The summed E-state index contributed by atoms with van der Waals surface area (Å²) < 4.78 is 0. The summed E-state index contributed by atoms with van der Waals surface area (Å²) >= 11 is 0. The van der Waals surface area contributed by atoms with Gasteiger partial charge in [-0.3, -0.25) is 4.79 Å². The first-order valence-electron chi connectivity index (χ1n) is 6.36. The van der Waals surface area contributed by atoms with Gasteiger partial charge >= 0.3 is 5.97 Å². The minimum Gasteiger partial charge on any atom is -0.478 e. The Morgan fingerprint density at radius 3 is 2.00 bits per heavy atom. The highest BCUT2D eigenvalue weighted by Gasteiger charge is 2.26. The highest BCUT2D eigenvalue weighted by molar-refractivity contribution is 6.06. The van der Waals surface area contributed by atoms with Crippen LogP contribution in [0.2, 0.25) is 0 Å². The van der Waals surface area contributed by atoms with E-state index in [4.69, 9.17) is 0 Å². The van der Waals surface area contributed by atoms with Crippen LogP contribution in [0.15, 0.2) is 12.1 Å². The fraction of sp³-hybridized carbons (Fsp3) is 0.467. The molecule has 1 amide bonds. The van der Waals surface area contributed by atoms with Crippen LogP contribution in [0.5, 0.6) is 0 Å². The van der Waals surface area contributed by atoms with Gasteiger partial charge < -0.3 is 15.1 Å². The van der Waals surface area contributed by atoms with Crippen LogP contribution in [0.3, 0.4) is 0 Å². The van der Waals surface area contributed by atoms with Gasteiger partial charge in [0.2, 0.25) is 0 Å². The van der Waals surface area contributed by atoms with Crippen molar-refractivity contribution in [1.82, 2.24) is 4.90 Å². The zero-order chi connectivity index (χ0) is 15.7. The van der Waals surface area contributed by atoms with Gasteiger partial charge in [-0.1, -0.05) is 12.1 Å². The molecule has 5 nitrogen and oxygen atoms in total. The number of carbonyl (C=O) groups excluding carboxylic acids is 1. The zero-order valence-corrected chi connectivity index (χ0v) is 12.5. The number of hydrogen-bond acceptors (Lipinski definition) is 3. The molecule has 0 fully saturated rings. The topological polar surface area (TPSA) is 77.8 Å². The lowest BCUT2D eigenvalue weighted by molar-refractivity contribution is 0.0365. The maximum atomic E-state index is 12.5. The van der Waals surface area contributed by atoms with Gasteiger partial charge in [-0.2, -0.15) is 0 Å². The third kappa shape index (κ3) is 3.57. The van der Waals surface area contributed by atoms with E-state index in [0.29, 0.717) is 11.1 Å². The summed E-state index contributed by atoms with van der Waals surface area (Å²) in [4.78, 5) is 25.2. The molecule has 1 rings (SSSR count). The van der Waals surface area contributed by atoms with Gasteiger partial charge in [0, 0.05) is 13.6 Å². The molecule has 2 N–H and O–H groups in total. The van der Waals surface area contributed by atoms with Crippen LogP contribution in [-0.2, 0) is 0 Å². The number of hydrogen-bond donors (Lipinski definition) is 2. The Bertz CT molecular complexity index is 544. The van der Waals surface area contributed by atoms with Crippen LogP contribution in [-0.4, -0.2) is 46.2 Å². The number of amides is 1. The second-order valence-corrected chi connectivity index (χ2v) is 5.73. The van der Waals surface area contributed by atoms with Crippen molar-refractivity contribution in [2.75, 3.05) is 13.6 Å². The van der Waals surface area contributed by atoms with Crippen molar-refractivity contribution < 1.29 is 19.8 Å². The van der Waals surface area contributed by atoms with Gasteiger partial charge in [-0.05, 0) is 38.8 Å². The predicted octanol–water partition coefficient (Wildman–Crippen LogP) is 1.84. The van der Waals surface area contributed by atoms with Crippen LogP contribution in [0.1, 0.15) is 45.7 Å². The molecule has 0 unspecified atom stereocenters. The average Bonchev–Trinajstić information content (AvgIpc) is 2.28. The molecule has 0 aromatic heterocycles. The van der Waals surface area contributed by atoms with Gasteiger partial charge in [-0.25, -0.2) is 4.79 Å². The molecule has 0 atom stereocenters. The summed E-state index contributed by atoms with van der Waals surface area (Å²) in [7, 11) is 1.55. The SMILES string of the molecule is Cc1ccc(C)c(C(=O)N(C)CC(C)(C)O)c1C(=O)O. The lowest BCUT2D eigenvalue weighted by Crippen LogP contribution is -2.40.